The van der Waals surface area contributed by atoms with Crippen LogP contribution in [0.1, 0.15) is 107 Å². The number of hydrogen-bond acceptors (Lipinski definition) is 1. The second-order valence-electron chi connectivity index (χ2n) is 11.3. The third kappa shape index (κ3) is 10.6. The fraction of sp³-hybridized carbons (Fsp3) is 0.588. The molecule has 0 saturated heterocycles. The van der Waals surface area contributed by atoms with Gasteiger partial charge in [-0.25, -0.2) is 8.78 Å². The molecule has 0 bridgehead atoms. The highest BCUT2D eigenvalue weighted by Gasteiger charge is 2.36. The van der Waals surface area contributed by atoms with E-state index in [0.29, 0.717) is 11.5 Å². The van der Waals surface area contributed by atoms with Crippen molar-refractivity contribution in [1.29, 1.82) is 0 Å². The molecule has 0 aromatic heterocycles. The van der Waals surface area contributed by atoms with Gasteiger partial charge in [-0.15, -0.1) is 0 Å². The topological polar surface area (TPSA) is 9.23 Å². The van der Waals surface area contributed by atoms with Gasteiger partial charge in [0.15, 0.2) is 0 Å². The molecule has 3 unspecified atom stereocenters. The van der Waals surface area contributed by atoms with Crippen molar-refractivity contribution in [2.75, 3.05) is 7.11 Å². The van der Waals surface area contributed by atoms with Crippen molar-refractivity contribution < 1.29 is 26.7 Å². The van der Waals surface area contributed by atoms with Crippen molar-refractivity contribution in [3.63, 3.8) is 0 Å². The van der Waals surface area contributed by atoms with Crippen molar-refractivity contribution in [2.45, 2.75) is 104 Å². The van der Waals surface area contributed by atoms with Crippen LogP contribution in [0.5, 0.6) is 0 Å². The molecule has 0 radical (unpaired) electrons. The molecule has 1 saturated carbocycles. The van der Waals surface area contributed by atoms with E-state index in [1.54, 1.807) is 17.7 Å². The van der Waals surface area contributed by atoms with Gasteiger partial charge in [0, 0.05) is 7.11 Å². The van der Waals surface area contributed by atoms with Crippen LogP contribution < -0.4 is 0 Å². The minimum absolute atomic E-state index is 0.0110. The second-order valence-corrected chi connectivity index (χ2v) is 11.3. The molecule has 1 nitrogen and oxygen atoms in total. The molecule has 1 fully saturated rings. The van der Waals surface area contributed by atoms with Crippen molar-refractivity contribution in [1.82, 2.24) is 0 Å². The van der Waals surface area contributed by atoms with Crippen LogP contribution in [0.25, 0.3) is 0 Å². The maximum absolute atomic E-state index is 13.3. The minimum atomic E-state index is -4.45. The van der Waals surface area contributed by atoms with E-state index in [-0.39, 0.29) is 18.0 Å². The van der Waals surface area contributed by atoms with E-state index in [4.69, 9.17) is 4.74 Å². The van der Waals surface area contributed by atoms with Crippen LogP contribution in [0, 0.1) is 23.6 Å². The molecule has 1 aliphatic rings. The zero-order chi connectivity index (χ0) is 29.7. The molecule has 0 aliphatic heterocycles. The fourth-order valence-electron chi connectivity index (χ4n) is 6.31. The quantitative estimate of drug-likeness (QED) is 0.183. The predicted molar refractivity (Wildman–Crippen MR) is 154 cm³/mol. The number of benzene rings is 2. The van der Waals surface area contributed by atoms with E-state index in [9.17, 15) is 22.0 Å². The molecule has 0 N–H and O–H groups in total. The van der Waals surface area contributed by atoms with Gasteiger partial charge in [0.25, 0.3) is 0 Å². The van der Waals surface area contributed by atoms with Crippen LogP contribution in [0.15, 0.2) is 54.1 Å². The van der Waals surface area contributed by atoms with Crippen molar-refractivity contribution >= 4 is 0 Å². The van der Waals surface area contributed by atoms with Crippen LogP contribution in [0.4, 0.5) is 22.0 Å². The van der Waals surface area contributed by atoms with Crippen molar-refractivity contribution in [3.8, 4) is 0 Å². The number of methoxy groups -OCH3 is 1. The largest absolute Gasteiger partial charge is 0.416 e. The molecule has 2 aromatic carbocycles. The lowest BCUT2D eigenvalue weighted by Crippen LogP contribution is -2.24. The number of ether oxygens (including phenoxy) is 1. The van der Waals surface area contributed by atoms with Crippen LogP contribution >= 0.6 is 0 Å². The zero-order valence-electron chi connectivity index (χ0n) is 24.8. The Hall–Kier alpha value is -2.21. The summed E-state index contributed by atoms with van der Waals surface area (Å²) in [7, 11) is 1.37. The van der Waals surface area contributed by atoms with Crippen LogP contribution in [-0.2, 0) is 24.2 Å². The molecule has 4 atom stereocenters. The van der Waals surface area contributed by atoms with E-state index in [1.165, 1.54) is 63.7 Å². The average Bonchev–Trinajstić information content (AvgIpc) is 3.39. The Labute approximate surface area is 238 Å². The first kappa shape index (κ1) is 34.0. The highest BCUT2D eigenvalue weighted by molar-refractivity contribution is 5.31. The number of allylic oxidation sites excluding steroid dienone is 2. The number of hydrogen-bond donors (Lipinski definition) is 0. The molecule has 0 amide bonds. The monoisotopic (exact) mass is 566 g/mol. The van der Waals surface area contributed by atoms with Crippen LogP contribution in [0.3, 0.4) is 0 Å². The predicted octanol–water partition coefficient (Wildman–Crippen LogP) is 11.2. The Morgan fingerprint density at radius 2 is 1.70 bits per heavy atom. The summed E-state index contributed by atoms with van der Waals surface area (Å²) < 4.78 is 67.4. The summed E-state index contributed by atoms with van der Waals surface area (Å²) in [6.07, 6.45) is 8.16. The highest BCUT2D eigenvalue weighted by Crippen LogP contribution is 2.48. The van der Waals surface area contributed by atoms with E-state index >= 15 is 0 Å². The number of alkyl halides is 4. The lowest BCUT2D eigenvalue weighted by Gasteiger charge is -2.34. The molecule has 6 heteroatoms. The molecular weight excluding hydrogens is 519 g/mol. The SMILES string of the molecule is CC/C=C(\C)CC[C@@H](C(C)CCC)C1CCCC1c1ccc(F)cc1.COCc1cc(CF)cc(C(F)(F)F)c1. The summed E-state index contributed by atoms with van der Waals surface area (Å²) in [4.78, 5) is 0. The molecule has 0 spiro atoms. The van der Waals surface area contributed by atoms with Gasteiger partial charge >= 0.3 is 6.18 Å². The summed E-state index contributed by atoms with van der Waals surface area (Å²) in [5, 5.41) is 0. The molecule has 0 heterocycles. The van der Waals surface area contributed by atoms with Gasteiger partial charge in [0.1, 0.15) is 12.5 Å². The normalized spacial score (nSPS) is 19.2. The van der Waals surface area contributed by atoms with Gasteiger partial charge in [0.05, 0.1) is 12.2 Å². The van der Waals surface area contributed by atoms with Gasteiger partial charge in [-0.2, -0.15) is 13.2 Å². The smallest absolute Gasteiger partial charge is 0.380 e. The van der Waals surface area contributed by atoms with Gasteiger partial charge in [0.2, 0.25) is 0 Å². The lowest BCUT2D eigenvalue weighted by atomic mass is 9.71. The minimum Gasteiger partial charge on any atom is -0.380 e. The van der Waals surface area contributed by atoms with Gasteiger partial charge in [-0.05, 0) is 104 Å². The lowest BCUT2D eigenvalue weighted by molar-refractivity contribution is -0.137. The van der Waals surface area contributed by atoms with E-state index in [0.717, 1.165) is 36.3 Å². The first-order chi connectivity index (χ1) is 19.0. The van der Waals surface area contributed by atoms with Crippen molar-refractivity contribution in [3.05, 3.63) is 82.2 Å². The van der Waals surface area contributed by atoms with E-state index in [2.05, 4.69) is 33.8 Å². The Kier molecular flexibility index (Phi) is 14.4. The number of halogens is 5. The van der Waals surface area contributed by atoms with E-state index < -0.39 is 18.4 Å². The van der Waals surface area contributed by atoms with Crippen LogP contribution in [-0.4, -0.2) is 7.11 Å². The standard InChI is InChI=1S/C24H37F.C10H10F4O/c1-5-8-18(3)12-17-22(19(4)9-6-2)24-11-7-10-23(24)20-13-15-21(25)16-14-20;1-15-6-8-2-7(5-11)3-9(4-8)10(12,13)14/h8,13-16,19,22-24H,5-7,9-12,17H2,1-4H3;2-4H,5-6H2,1H3/b18-8+;/t19?,22-,23?,24?;/m0./s1. The summed E-state index contributed by atoms with van der Waals surface area (Å²) in [5.41, 5.74) is 2.40. The maximum atomic E-state index is 13.3. The second kappa shape index (κ2) is 16.9. The molecule has 224 valence electrons. The average molecular weight is 567 g/mol. The maximum Gasteiger partial charge on any atom is 0.416 e. The summed E-state index contributed by atoms with van der Waals surface area (Å²) in [5.74, 6) is 2.85. The molecule has 40 heavy (non-hydrogen) atoms. The summed E-state index contributed by atoms with van der Waals surface area (Å²) in [6.45, 7) is 8.41. The first-order valence-corrected chi connectivity index (χ1v) is 14.7. The molecule has 1 aliphatic carbocycles. The van der Waals surface area contributed by atoms with Gasteiger partial charge in [-0.3, -0.25) is 0 Å². The summed E-state index contributed by atoms with van der Waals surface area (Å²) in [6, 6.07) is 10.5. The third-order valence-corrected chi connectivity index (χ3v) is 8.16. The van der Waals surface area contributed by atoms with Crippen LogP contribution in [0.2, 0.25) is 0 Å². The Morgan fingerprint density at radius 3 is 2.27 bits per heavy atom. The molecular formula is C34H47F5O. The molecule has 3 rings (SSSR count). The van der Waals surface area contributed by atoms with Gasteiger partial charge < -0.3 is 4.74 Å². The summed E-state index contributed by atoms with van der Waals surface area (Å²) >= 11 is 0. The Bertz CT molecular complexity index is 1030. The fourth-order valence-corrected chi connectivity index (χ4v) is 6.31. The highest BCUT2D eigenvalue weighted by atomic mass is 19.4. The van der Waals surface area contributed by atoms with Gasteiger partial charge in [-0.1, -0.05) is 69.9 Å². The Balaban J connectivity index is 0.000000319. The van der Waals surface area contributed by atoms with E-state index in [1.807, 2.05) is 12.1 Å². The third-order valence-electron chi connectivity index (χ3n) is 8.16. The molecule has 2 aromatic rings. The number of rotatable bonds is 12. The first-order valence-electron chi connectivity index (χ1n) is 14.7. The van der Waals surface area contributed by atoms with Crippen molar-refractivity contribution in [2.24, 2.45) is 17.8 Å². The Morgan fingerprint density at radius 1 is 1.02 bits per heavy atom. The zero-order valence-corrected chi connectivity index (χ0v) is 24.8.